The lowest BCUT2D eigenvalue weighted by molar-refractivity contribution is -0.147. The summed E-state index contributed by atoms with van der Waals surface area (Å²) in [5.74, 6) is 0.274. The molecule has 0 spiro atoms. The first-order chi connectivity index (χ1) is 17.7. The maximum atomic E-state index is 11.5. The minimum atomic E-state index is -3.81. The van der Waals surface area contributed by atoms with Crippen LogP contribution in [0, 0.1) is 5.92 Å². The number of hydrogen-bond donors (Lipinski definition) is 0. The van der Waals surface area contributed by atoms with Gasteiger partial charge >= 0.3 is 8.80 Å². The molecule has 1 aliphatic carbocycles. The summed E-state index contributed by atoms with van der Waals surface area (Å²) >= 11 is 0. The van der Waals surface area contributed by atoms with E-state index in [1.54, 1.807) is 0 Å². The maximum Gasteiger partial charge on any atom is 0.705 e. The molecule has 37 heavy (non-hydrogen) atoms. The lowest BCUT2D eigenvalue weighted by Gasteiger charge is -2.29. The van der Waals surface area contributed by atoms with Crippen LogP contribution in [0.15, 0.2) is 24.3 Å². The highest BCUT2D eigenvalue weighted by atomic mass is 28.4. The summed E-state index contributed by atoms with van der Waals surface area (Å²) in [4.78, 5) is 34.6. The monoisotopic (exact) mass is 534 g/mol. The van der Waals surface area contributed by atoms with Crippen molar-refractivity contribution in [2.75, 3.05) is 6.61 Å². The van der Waals surface area contributed by atoms with Crippen LogP contribution in [0.1, 0.15) is 116 Å². The van der Waals surface area contributed by atoms with Crippen LogP contribution >= 0.6 is 0 Å². The van der Waals surface area contributed by atoms with Gasteiger partial charge in [-0.05, 0) is 61.6 Å². The third-order valence-corrected chi connectivity index (χ3v) is 9.72. The van der Waals surface area contributed by atoms with E-state index in [0.29, 0.717) is 18.9 Å². The van der Waals surface area contributed by atoms with Gasteiger partial charge in [0.2, 0.25) is 0 Å². The number of benzene rings is 1. The second-order valence-corrected chi connectivity index (χ2v) is 12.7. The van der Waals surface area contributed by atoms with E-state index in [2.05, 4.69) is 19.1 Å². The molecular weight excluding hydrogens is 488 g/mol. The molecule has 0 radical (unpaired) electrons. The van der Waals surface area contributed by atoms with Gasteiger partial charge in [0.05, 0.1) is 12.7 Å². The van der Waals surface area contributed by atoms with Crippen molar-refractivity contribution in [2.24, 2.45) is 5.92 Å². The molecule has 208 valence electrons. The van der Waals surface area contributed by atoms with Crippen LogP contribution in [-0.4, -0.2) is 33.3 Å². The summed E-state index contributed by atoms with van der Waals surface area (Å²) in [5.41, 5.74) is 1.37. The first-order valence-corrected chi connectivity index (χ1v) is 16.0. The first-order valence-electron chi connectivity index (χ1n) is 14.0. The molecule has 1 aromatic rings. The quantitative estimate of drug-likeness (QED) is 0.165. The van der Waals surface area contributed by atoms with Crippen LogP contribution in [0.2, 0.25) is 6.04 Å². The molecule has 8 heteroatoms. The molecule has 0 unspecified atom stereocenters. The highest BCUT2D eigenvalue weighted by molar-refractivity contribution is 6.65. The molecular formula is C29H46O7Si. The molecule has 0 amide bonds. The Labute approximate surface area is 224 Å². The smallest absolute Gasteiger partial charge is 0.494 e. The summed E-state index contributed by atoms with van der Waals surface area (Å²) in [6.07, 6.45) is 15.2. The largest absolute Gasteiger partial charge is 0.705 e. The van der Waals surface area contributed by atoms with E-state index < -0.39 is 26.7 Å². The average molecular weight is 535 g/mol. The normalized spacial score (nSPS) is 17.6. The van der Waals surface area contributed by atoms with Crippen molar-refractivity contribution in [3.63, 3.8) is 0 Å². The Morgan fingerprint density at radius 2 is 1.30 bits per heavy atom. The molecule has 0 aliphatic heterocycles. The molecule has 0 heterocycles. The highest BCUT2D eigenvalue weighted by Crippen LogP contribution is 2.38. The van der Waals surface area contributed by atoms with E-state index in [1.807, 2.05) is 12.1 Å². The Bertz CT molecular complexity index is 790. The molecule has 2 rings (SSSR count). The van der Waals surface area contributed by atoms with Gasteiger partial charge in [-0.2, -0.15) is 0 Å². The first kappa shape index (κ1) is 30.9. The molecule has 1 fully saturated rings. The molecule has 1 aliphatic rings. The summed E-state index contributed by atoms with van der Waals surface area (Å²) < 4.78 is 21.5. The molecule has 7 nitrogen and oxygen atoms in total. The second kappa shape index (κ2) is 16.5. The van der Waals surface area contributed by atoms with Crippen LogP contribution in [-0.2, 0) is 27.7 Å². The highest BCUT2D eigenvalue weighted by Gasteiger charge is 2.51. The zero-order valence-corrected chi connectivity index (χ0v) is 24.2. The van der Waals surface area contributed by atoms with Crippen LogP contribution in [0.3, 0.4) is 0 Å². The van der Waals surface area contributed by atoms with E-state index in [0.717, 1.165) is 11.7 Å². The molecule has 0 N–H and O–H groups in total. The van der Waals surface area contributed by atoms with E-state index in [1.165, 1.54) is 97.0 Å². The minimum absolute atomic E-state index is 0.103. The molecule has 0 aromatic heterocycles. The summed E-state index contributed by atoms with van der Waals surface area (Å²) in [6.45, 7) is 6.14. The van der Waals surface area contributed by atoms with Gasteiger partial charge in [-0.3, -0.25) is 14.4 Å². The van der Waals surface area contributed by atoms with Crippen molar-refractivity contribution >= 4 is 26.7 Å². The predicted molar refractivity (Wildman–Crippen MR) is 145 cm³/mol. The van der Waals surface area contributed by atoms with Crippen molar-refractivity contribution in [3.05, 3.63) is 29.8 Å². The summed E-state index contributed by atoms with van der Waals surface area (Å²) in [5, 5.41) is 0. The van der Waals surface area contributed by atoms with Crippen molar-refractivity contribution < 1.29 is 32.4 Å². The fourth-order valence-corrected chi connectivity index (χ4v) is 7.51. The molecule has 1 saturated carbocycles. The Kier molecular flexibility index (Phi) is 13.7. The van der Waals surface area contributed by atoms with Gasteiger partial charge in [0.25, 0.3) is 17.9 Å². The van der Waals surface area contributed by atoms with Crippen LogP contribution in [0.25, 0.3) is 0 Å². The van der Waals surface area contributed by atoms with E-state index in [9.17, 15) is 14.4 Å². The van der Waals surface area contributed by atoms with Gasteiger partial charge < -0.3 is 18.0 Å². The van der Waals surface area contributed by atoms with Crippen molar-refractivity contribution in [1.82, 2.24) is 0 Å². The Balaban J connectivity index is 1.75. The summed E-state index contributed by atoms with van der Waals surface area (Å²) in [6, 6.07) is 8.40. The Hall–Kier alpha value is -2.35. The zero-order valence-electron chi connectivity index (χ0n) is 23.2. The van der Waals surface area contributed by atoms with Gasteiger partial charge in [0.1, 0.15) is 5.75 Å². The maximum absolute atomic E-state index is 11.5. The number of ether oxygens (including phenoxy) is 1. The van der Waals surface area contributed by atoms with Gasteiger partial charge in [0, 0.05) is 20.8 Å². The third kappa shape index (κ3) is 12.2. The summed E-state index contributed by atoms with van der Waals surface area (Å²) in [7, 11) is -3.81. The van der Waals surface area contributed by atoms with Gasteiger partial charge in [-0.15, -0.1) is 0 Å². The van der Waals surface area contributed by atoms with Gasteiger partial charge in [-0.25, -0.2) is 0 Å². The minimum Gasteiger partial charge on any atom is -0.494 e. The molecule has 1 aromatic carbocycles. The van der Waals surface area contributed by atoms with Crippen molar-refractivity contribution in [3.8, 4) is 5.75 Å². The Morgan fingerprint density at radius 3 is 1.84 bits per heavy atom. The lowest BCUT2D eigenvalue weighted by atomic mass is 9.77. The number of rotatable bonds is 16. The molecule has 0 atom stereocenters. The van der Waals surface area contributed by atoms with E-state index in [4.69, 9.17) is 18.0 Å². The topological polar surface area (TPSA) is 88.1 Å². The zero-order chi connectivity index (χ0) is 27.1. The number of carbonyl (C=O) groups excluding carboxylic acids is 3. The number of hydrogen-bond acceptors (Lipinski definition) is 7. The number of carbonyl (C=O) groups is 3. The van der Waals surface area contributed by atoms with Crippen molar-refractivity contribution in [2.45, 2.75) is 117 Å². The van der Waals surface area contributed by atoms with Gasteiger partial charge in [-0.1, -0.05) is 64.0 Å². The fraction of sp³-hybridized carbons (Fsp3) is 0.690. The average Bonchev–Trinajstić information content (AvgIpc) is 2.83. The fourth-order valence-electron chi connectivity index (χ4n) is 5.19. The van der Waals surface area contributed by atoms with Crippen LogP contribution < -0.4 is 4.74 Å². The van der Waals surface area contributed by atoms with Gasteiger partial charge in [0.15, 0.2) is 0 Å². The predicted octanol–water partition coefficient (Wildman–Crippen LogP) is 7.11. The molecule has 0 saturated heterocycles. The third-order valence-electron chi connectivity index (χ3n) is 6.96. The van der Waals surface area contributed by atoms with Crippen LogP contribution in [0.5, 0.6) is 5.75 Å². The van der Waals surface area contributed by atoms with Crippen LogP contribution in [0.4, 0.5) is 0 Å². The number of unbranched alkanes of at least 4 members (excludes halogenated alkanes) is 5. The standard InChI is InChI=1S/C29H46O7Si/c1-5-6-7-8-9-10-12-26-13-15-27(16-14-26)28-17-19-29(20-18-28)33-21-11-22-37(34-23(2)30,35-24(3)31)36-25(4)32/h17-20,26-27H,5-16,21-22H2,1-4H3. The lowest BCUT2D eigenvalue weighted by Crippen LogP contribution is -2.49. The Morgan fingerprint density at radius 1 is 0.757 bits per heavy atom. The SMILES string of the molecule is CCCCCCCCC1CCC(c2ccc(OCCC[Si](OC(C)=O)(OC(C)=O)OC(C)=O)cc2)CC1. The van der Waals surface area contributed by atoms with E-state index >= 15 is 0 Å². The van der Waals surface area contributed by atoms with Crippen molar-refractivity contribution in [1.29, 1.82) is 0 Å². The second-order valence-electron chi connectivity index (χ2n) is 10.3. The molecule has 0 bridgehead atoms. The van der Waals surface area contributed by atoms with E-state index in [-0.39, 0.29) is 6.04 Å².